The first-order chi connectivity index (χ1) is 14.1. The fraction of sp³-hybridized carbons (Fsp3) is 0.400. The lowest BCUT2D eigenvalue weighted by Crippen LogP contribution is -2.41. The Morgan fingerprint density at radius 3 is 2.90 bits per heavy atom. The zero-order valence-corrected chi connectivity index (χ0v) is 16.9. The second kappa shape index (κ2) is 7.03. The zero-order valence-electron chi connectivity index (χ0n) is 16.9. The number of aromatic hydroxyl groups is 1. The fourth-order valence-corrected chi connectivity index (χ4v) is 6.20. The molecule has 0 saturated heterocycles. The smallest absolute Gasteiger partial charge is 0.139 e. The lowest BCUT2D eigenvalue weighted by Gasteiger charge is -2.50. The maximum Gasteiger partial charge on any atom is 0.139 e. The second-order valence-electron chi connectivity index (χ2n) is 9.10. The van der Waals surface area contributed by atoms with Crippen LogP contribution in [-0.4, -0.2) is 10.1 Å². The molecule has 3 aliphatic rings. The summed E-state index contributed by atoms with van der Waals surface area (Å²) in [4.78, 5) is 4.30. The quantitative estimate of drug-likeness (QED) is 0.501. The Bertz CT molecular complexity index is 978. The number of nitrogens with two attached hydrogens (primary N) is 1. The van der Waals surface area contributed by atoms with E-state index in [4.69, 9.17) is 5.84 Å². The van der Waals surface area contributed by atoms with Gasteiger partial charge in [-0.3, -0.25) is 0 Å². The van der Waals surface area contributed by atoms with Crippen molar-refractivity contribution in [3.63, 3.8) is 0 Å². The first-order valence-corrected chi connectivity index (χ1v) is 10.7. The summed E-state index contributed by atoms with van der Waals surface area (Å²) in [6, 6.07) is 9.98. The summed E-state index contributed by atoms with van der Waals surface area (Å²) in [5.74, 6) is 8.59. The Kier molecular flexibility index (Phi) is 4.47. The van der Waals surface area contributed by atoms with Gasteiger partial charge in [-0.1, -0.05) is 31.2 Å². The van der Waals surface area contributed by atoms with Crippen molar-refractivity contribution in [2.75, 3.05) is 5.43 Å². The molecule has 0 unspecified atom stereocenters. The zero-order chi connectivity index (χ0) is 20.0. The highest BCUT2D eigenvalue weighted by Gasteiger charge is 2.51. The van der Waals surface area contributed by atoms with Crippen LogP contribution in [0.15, 0.2) is 54.3 Å². The molecule has 4 nitrogen and oxygen atoms in total. The molecule has 29 heavy (non-hydrogen) atoms. The molecule has 0 spiro atoms. The normalized spacial score (nSPS) is 30.4. The van der Waals surface area contributed by atoms with Crippen LogP contribution in [0.3, 0.4) is 0 Å². The van der Waals surface area contributed by atoms with E-state index in [1.54, 1.807) is 0 Å². The maximum atomic E-state index is 9.86. The van der Waals surface area contributed by atoms with Crippen LogP contribution in [0.4, 0.5) is 5.82 Å². The second-order valence-corrected chi connectivity index (χ2v) is 9.10. The molecule has 4 heteroatoms. The number of nitrogens with one attached hydrogen (secondary N) is 1. The minimum atomic E-state index is 0.262. The first-order valence-electron chi connectivity index (χ1n) is 10.7. The van der Waals surface area contributed by atoms with E-state index in [0.29, 0.717) is 23.4 Å². The lowest BCUT2D eigenvalue weighted by atomic mass is 9.54. The number of fused-ring (bicyclic) bond motifs is 5. The highest BCUT2D eigenvalue weighted by molar-refractivity contribution is 5.55. The molecule has 1 fully saturated rings. The predicted molar refractivity (Wildman–Crippen MR) is 117 cm³/mol. The van der Waals surface area contributed by atoms with Gasteiger partial charge in [0.1, 0.15) is 11.6 Å². The van der Waals surface area contributed by atoms with E-state index in [9.17, 15) is 5.11 Å². The van der Waals surface area contributed by atoms with Crippen molar-refractivity contribution >= 4 is 11.9 Å². The summed E-state index contributed by atoms with van der Waals surface area (Å²) in [6.45, 7) is 2.48. The molecule has 0 radical (unpaired) electrons. The number of phenolic OH excluding ortho intramolecular Hbond substituents is 1. The third-order valence-electron chi connectivity index (χ3n) is 7.74. The Balaban J connectivity index is 1.37. The van der Waals surface area contributed by atoms with Gasteiger partial charge in [-0.2, -0.15) is 0 Å². The van der Waals surface area contributed by atoms with Crippen molar-refractivity contribution in [3.05, 3.63) is 70.9 Å². The van der Waals surface area contributed by atoms with Gasteiger partial charge in [-0.25, -0.2) is 10.8 Å². The number of rotatable bonds is 3. The van der Waals surface area contributed by atoms with Crippen LogP contribution in [0.5, 0.6) is 5.75 Å². The molecule has 0 amide bonds. The summed E-state index contributed by atoms with van der Waals surface area (Å²) in [6.07, 6.45) is 14.8. The predicted octanol–water partition coefficient (Wildman–Crippen LogP) is 5.18. The molecule has 150 valence electrons. The third kappa shape index (κ3) is 3.06. The van der Waals surface area contributed by atoms with E-state index < -0.39 is 0 Å². The summed E-state index contributed by atoms with van der Waals surface area (Å²) >= 11 is 0. The summed E-state index contributed by atoms with van der Waals surface area (Å²) in [7, 11) is 0. The van der Waals surface area contributed by atoms with Crippen LogP contribution >= 0.6 is 0 Å². The monoisotopic (exact) mass is 387 g/mol. The molecule has 0 aliphatic heterocycles. The van der Waals surface area contributed by atoms with E-state index >= 15 is 0 Å². The van der Waals surface area contributed by atoms with E-state index in [-0.39, 0.29) is 5.41 Å². The van der Waals surface area contributed by atoms with Crippen molar-refractivity contribution in [3.8, 4) is 5.75 Å². The van der Waals surface area contributed by atoms with Gasteiger partial charge < -0.3 is 10.5 Å². The van der Waals surface area contributed by atoms with Gasteiger partial charge in [0.25, 0.3) is 0 Å². The number of pyridine rings is 1. The number of nitrogen functional groups attached to an aromatic ring is 1. The number of allylic oxidation sites excluding steroid dienone is 3. The van der Waals surface area contributed by atoms with Crippen molar-refractivity contribution in [1.82, 2.24) is 4.98 Å². The molecule has 3 aliphatic carbocycles. The van der Waals surface area contributed by atoms with Crippen molar-refractivity contribution in [2.45, 2.75) is 44.9 Å². The highest BCUT2D eigenvalue weighted by Crippen LogP contribution is 2.61. The molecule has 1 saturated carbocycles. The van der Waals surface area contributed by atoms with Crippen LogP contribution in [-0.2, 0) is 6.42 Å². The Labute approximate surface area is 172 Å². The molecule has 5 rings (SSSR count). The number of hydrogen-bond acceptors (Lipinski definition) is 4. The van der Waals surface area contributed by atoms with Crippen molar-refractivity contribution in [2.24, 2.45) is 23.1 Å². The lowest BCUT2D eigenvalue weighted by molar-refractivity contribution is 0.0775. The van der Waals surface area contributed by atoms with Gasteiger partial charge in [0.05, 0.1) is 0 Å². The van der Waals surface area contributed by atoms with Crippen LogP contribution in [0.1, 0.15) is 55.2 Å². The molecule has 2 aromatic rings. The minimum Gasteiger partial charge on any atom is -0.508 e. The first kappa shape index (κ1) is 18.4. The number of nitrogens with zero attached hydrogens (tertiary/aromatic N) is 1. The Morgan fingerprint density at radius 2 is 2.10 bits per heavy atom. The SMILES string of the molecule is C[C@]12CC[C@@H]3c4ccc(O)cc4CC[C@H]3[C@@H]1CC=C2/C=C/c1ccc(NN)nc1. The largest absolute Gasteiger partial charge is 0.508 e. The Hall–Kier alpha value is -2.59. The minimum absolute atomic E-state index is 0.262. The number of anilines is 1. The number of benzene rings is 1. The summed E-state index contributed by atoms with van der Waals surface area (Å²) in [5, 5.41) is 9.86. The van der Waals surface area contributed by atoms with Crippen molar-refractivity contribution in [1.29, 1.82) is 0 Å². The number of hydrazine groups is 1. The standard InChI is InChI=1S/C25H29N3O/c1-25-13-12-21-20-9-7-19(29)14-17(20)4-8-22(21)23(25)10-6-18(25)5-2-16-3-11-24(28-26)27-15-16/h2-3,5-7,9,11,14-15,21-23,29H,4,8,10,12-13,26H2,1H3,(H,27,28)/b5-2+/t21-,22-,23+,25-/m1/s1. The van der Waals surface area contributed by atoms with E-state index in [1.165, 1.54) is 42.4 Å². The van der Waals surface area contributed by atoms with Crippen LogP contribution < -0.4 is 11.3 Å². The van der Waals surface area contributed by atoms with E-state index in [0.717, 1.165) is 17.9 Å². The molecule has 1 aromatic carbocycles. The topological polar surface area (TPSA) is 71.2 Å². The molecule has 1 aromatic heterocycles. The van der Waals surface area contributed by atoms with Gasteiger partial charge in [-0.05, 0) is 102 Å². The summed E-state index contributed by atoms with van der Waals surface area (Å²) in [5.41, 5.74) is 8.27. The van der Waals surface area contributed by atoms with Crippen molar-refractivity contribution < 1.29 is 5.11 Å². The van der Waals surface area contributed by atoms with E-state index in [1.807, 2.05) is 30.5 Å². The van der Waals surface area contributed by atoms with Gasteiger partial charge >= 0.3 is 0 Å². The van der Waals surface area contributed by atoms with Gasteiger partial charge in [-0.15, -0.1) is 0 Å². The van der Waals surface area contributed by atoms with Gasteiger partial charge in [0.2, 0.25) is 0 Å². The fourth-order valence-electron chi connectivity index (χ4n) is 6.20. The van der Waals surface area contributed by atoms with Gasteiger partial charge in [0.15, 0.2) is 0 Å². The number of aryl methyl sites for hydroxylation is 1. The van der Waals surface area contributed by atoms with Gasteiger partial charge in [0, 0.05) is 6.20 Å². The number of aromatic nitrogens is 1. The molecule has 4 N–H and O–H groups in total. The highest BCUT2D eigenvalue weighted by atomic mass is 16.3. The molecule has 0 bridgehead atoms. The number of phenols is 1. The third-order valence-corrected chi connectivity index (χ3v) is 7.74. The average molecular weight is 388 g/mol. The molecule has 1 heterocycles. The molecule has 4 atom stereocenters. The average Bonchev–Trinajstić information content (AvgIpc) is 3.08. The van der Waals surface area contributed by atoms with E-state index in [2.05, 4.69) is 41.6 Å². The number of hydrogen-bond donors (Lipinski definition) is 3. The van der Waals surface area contributed by atoms with Crippen LogP contribution in [0.2, 0.25) is 0 Å². The molecular weight excluding hydrogens is 358 g/mol. The molecular formula is C25H29N3O. The maximum absolute atomic E-state index is 9.86. The summed E-state index contributed by atoms with van der Waals surface area (Å²) < 4.78 is 0. The van der Waals surface area contributed by atoms with Crippen LogP contribution in [0, 0.1) is 17.3 Å². The Morgan fingerprint density at radius 1 is 1.21 bits per heavy atom. The van der Waals surface area contributed by atoms with Crippen LogP contribution in [0.25, 0.3) is 6.08 Å².